The number of nitrogens with two attached hydrogens (primary N) is 1. The van der Waals surface area contributed by atoms with Crippen LogP contribution in [0.2, 0.25) is 6.04 Å². The highest BCUT2D eigenvalue weighted by atomic mass is 32.1. The van der Waals surface area contributed by atoms with Gasteiger partial charge in [-0.1, -0.05) is 13.3 Å². The molecular weight excluding hydrogens is 150 g/mol. The maximum atomic E-state index is 5.65. The second kappa shape index (κ2) is 6.60. The van der Waals surface area contributed by atoms with Gasteiger partial charge in [-0.2, -0.15) is 12.6 Å². The first-order valence-corrected chi connectivity index (χ1v) is 5.88. The lowest BCUT2D eigenvalue weighted by atomic mass is 10.6. The third kappa shape index (κ3) is 6.37. The van der Waals surface area contributed by atoms with Crippen molar-refractivity contribution in [1.29, 1.82) is 0 Å². The molecule has 0 saturated carbocycles. The van der Waals surface area contributed by atoms with E-state index in [1.54, 1.807) is 0 Å². The molecule has 0 rings (SSSR count). The molecule has 0 aliphatic heterocycles. The van der Waals surface area contributed by atoms with Gasteiger partial charge in [0.15, 0.2) is 0 Å². The maximum Gasteiger partial charge on any atom is 0.249 e. The fraction of sp³-hybridized carbons (Fsp3) is 1.00. The predicted molar refractivity (Wildman–Crippen MR) is 46.2 cm³/mol. The number of rotatable bonds is 5. The van der Waals surface area contributed by atoms with Gasteiger partial charge in [0.25, 0.3) is 0 Å². The van der Waals surface area contributed by atoms with Crippen molar-refractivity contribution in [2.75, 3.05) is 12.4 Å². The Morgan fingerprint density at radius 3 is 2.78 bits per heavy atom. The largest absolute Gasteiger partial charge is 0.405 e. The molecule has 9 heavy (non-hydrogen) atoms. The van der Waals surface area contributed by atoms with Gasteiger partial charge in [0.1, 0.15) is 0 Å². The second-order valence-electron chi connectivity index (χ2n) is 1.92. The summed E-state index contributed by atoms with van der Waals surface area (Å²) in [5, 5.41) is 5.65. The Bertz CT molecular complexity index is 64.9. The summed E-state index contributed by atoms with van der Waals surface area (Å²) in [6.45, 7) is 2.84. The van der Waals surface area contributed by atoms with E-state index in [-0.39, 0.29) is 0 Å². The zero-order chi connectivity index (χ0) is 7.11. The van der Waals surface area contributed by atoms with E-state index < -0.39 is 9.20 Å². The molecule has 2 N–H and O–H groups in total. The van der Waals surface area contributed by atoms with Crippen LogP contribution in [0.25, 0.3) is 0 Å². The third-order valence-corrected chi connectivity index (χ3v) is 2.99. The maximum absolute atomic E-state index is 5.65. The van der Waals surface area contributed by atoms with Crippen LogP contribution in [0, 0.1) is 0 Å². The fourth-order valence-electron chi connectivity index (χ4n) is 0.572. The number of hydrogen-bond acceptors (Lipinski definition) is 3. The van der Waals surface area contributed by atoms with E-state index in [2.05, 4.69) is 19.6 Å². The molecule has 0 aromatic carbocycles. The first-order chi connectivity index (χ1) is 4.31. The molecular formula is C5H15NOSSi. The van der Waals surface area contributed by atoms with E-state index in [1.165, 1.54) is 0 Å². The molecule has 0 aromatic rings. The van der Waals surface area contributed by atoms with Gasteiger partial charge >= 0.3 is 0 Å². The Kier molecular flexibility index (Phi) is 6.96. The van der Waals surface area contributed by atoms with E-state index in [9.17, 15) is 0 Å². The quantitative estimate of drug-likeness (QED) is 0.460. The lowest BCUT2D eigenvalue weighted by Gasteiger charge is -2.07. The van der Waals surface area contributed by atoms with Crippen LogP contribution in [0.1, 0.15) is 13.3 Å². The van der Waals surface area contributed by atoms with Crippen LogP contribution in [-0.2, 0) is 4.43 Å². The summed E-state index contributed by atoms with van der Waals surface area (Å²) in [5.74, 6) is 0.782. The molecule has 1 atom stereocenters. The topological polar surface area (TPSA) is 35.2 Å². The van der Waals surface area contributed by atoms with Crippen LogP contribution in [-0.4, -0.2) is 21.6 Å². The van der Waals surface area contributed by atoms with Crippen LogP contribution in [0.3, 0.4) is 0 Å². The van der Waals surface area contributed by atoms with Gasteiger partial charge < -0.3 is 9.83 Å². The monoisotopic (exact) mass is 165 g/mol. The van der Waals surface area contributed by atoms with Crippen LogP contribution >= 0.6 is 12.6 Å². The van der Waals surface area contributed by atoms with E-state index in [0.29, 0.717) is 0 Å². The summed E-state index contributed by atoms with van der Waals surface area (Å²) in [4.78, 5) is 0. The third-order valence-electron chi connectivity index (χ3n) is 0.996. The molecule has 0 aromatic heterocycles. The molecule has 0 spiro atoms. The zero-order valence-electron chi connectivity index (χ0n) is 5.84. The molecule has 0 heterocycles. The molecule has 0 aliphatic carbocycles. The molecule has 0 radical (unpaired) electrons. The molecule has 0 saturated heterocycles. The van der Waals surface area contributed by atoms with Crippen LogP contribution in [0.15, 0.2) is 0 Å². The van der Waals surface area contributed by atoms with Crippen LogP contribution in [0.4, 0.5) is 0 Å². The molecule has 0 bridgehead atoms. The van der Waals surface area contributed by atoms with Crippen molar-refractivity contribution in [1.82, 2.24) is 0 Å². The fourth-order valence-corrected chi connectivity index (χ4v) is 2.03. The van der Waals surface area contributed by atoms with E-state index in [0.717, 1.165) is 24.8 Å². The molecule has 2 nitrogen and oxygen atoms in total. The zero-order valence-corrected chi connectivity index (χ0v) is 7.89. The van der Waals surface area contributed by atoms with Crippen molar-refractivity contribution in [3.05, 3.63) is 0 Å². The first kappa shape index (κ1) is 9.49. The van der Waals surface area contributed by atoms with E-state index in [1.807, 2.05) is 0 Å². The Hall–Kier alpha value is 0.487. The Morgan fingerprint density at radius 2 is 2.33 bits per heavy atom. The van der Waals surface area contributed by atoms with Gasteiger partial charge in [0, 0.05) is 12.4 Å². The van der Waals surface area contributed by atoms with Crippen molar-refractivity contribution in [3.63, 3.8) is 0 Å². The summed E-state index contributed by atoms with van der Waals surface area (Å²) >= 11 is 4.01. The van der Waals surface area contributed by atoms with Gasteiger partial charge in [0.2, 0.25) is 9.20 Å². The highest BCUT2D eigenvalue weighted by Crippen LogP contribution is 1.92. The van der Waals surface area contributed by atoms with Gasteiger partial charge in [0.05, 0.1) is 0 Å². The van der Waals surface area contributed by atoms with Gasteiger partial charge in [-0.3, -0.25) is 0 Å². The van der Waals surface area contributed by atoms with Crippen LogP contribution in [0.5, 0.6) is 0 Å². The lowest BCUT2D eigenvalue weighted by Crippen LogP contribution is -2.30. The normalized spacial score (nSPS) is 13.7. The van der Waals surface area contributed by atoms with Crippen LogP contribution < -0.4 is 5.40 Å². The summed E-state index contributed by atoms with van der Waals surface area (Å²) in [5.41, 5.74) is 0. The minimum absolute atomic E-state index is 0.719. The molecule has 0 amide bonds. The van der Waals surface area contributed by atoms with Crippen molar-refractivity contribution >= 4 is 21.8 Å². The predicted octanol–water partition coefficient (Wildman–Crippen LogP) is 0.522. The lowest BCUT2D eigenvalue weighted by molar-refractivity contribution is 0.346. The van der Waals surface area contributed by atoms with Gasteiger partial charge in [-0.15, -0.1) is 0 Å². The summed E-state index contributed by atoms with van der Waals surface area (Å²) < 4.78 is 5.27. The molecule has 0 aliphatic rings. The number of hydrogen-bond donors (Lipinski definition) is 2. The van der Waals surface area contributed by atoms with Crippen molar-refractivity contribution < 1.29 is 4.43 Å². The van der Waals surface area contributed by atoms with E-state index >= 15 is 0 Å². The van der Waals surface area contributed by atoms with Gasteiger partial charge in [-0.25, -0.2) is 0 Å². The summed E-state index contributed by atoms with van der Waals surface area (Å²) in [7, 11) is -1.27. The average molecular weight is 165 g/mol. The average Bonchev–Trinajstić information content (AvgIpc) is 1.85. The SMILES string of the molecule is CCC[SiH](N)OCCS. The standard InChI is InChI=1S/C5H15NOSSi/c1-2-5-9(6)7-3-4-8/h8-9H,2-6H2,1H3. The summed E-state index contributed by atoms with van der Waals surface area (Å²) in [6.07, 6.45) is 1.14. The number of thiol groups is 1. The smallest absolute Gasteiger partial charge is 0.249 e. The molecule has 56 valence electrons. The minimum atomic E-state index is -1.27. The second-order valence-corrected chi connectivity index (χ2v) is 4.36. The Morgan fingerprint density at radius 1 is 1.67 bits per heavy atom. The minimum Gasteiger partial charge on any atom is -0.405 e. The summed E-state index contributed by atoms with van der Waals surface area (Å²) in [6, 6.07) is 1.08. The van der Waals surface area contributed by atoms with Crippen molar-refractivity contribution in [3.8, 4) is 0 Å². The first-order valence-electron chi connectivity index (χ1n) is 3.29. The van der Waals surface area contributed by atoms with Crippen molar-refractivity contribution in [2.45, 2.75) is 19.4 Å². The van der Waals surface area contributed by atoms with E-state index in [4.69, 9.17) is 9.83 Å². The molecule has 1 unspecified atom stereocenters. The highest BCUT2D eigenvalue weighted by molar-refractivity contribution is 7.80. The highest BCUT2D eigenvalue weighted by Gasteiger charge is 2.01. The Labute approximate surface area is 64.0 Å². The van der Waals surface area contributed by atoms with Crippen molar-refractivity contribution in [2.24, 2.45) is 5.40 Å². The Balaban J connectivity index is 2.95. The molecule has 4 heteroatoms. The van der Waals surface area contributed by atoms with Gasteiger partial charge in [-0.05, 0) is 6.04 Å². The molecule has 0 fully saturated rings.